The lowest BCUT2D eigenvalue weighted by Crippen LogP contribution is -2.56. The first-order chi connectivity index (χ1) is 10.4. The Balaban J connectivity index is 1.98. The molecule has 5 atom stereocenters. The Labute approximate surface area is 134 Å². The second-order valence-electron chi connectivity index (χ2n) is 8.49. The predicted octanol–water partition coefficient (Wildman–Crippen LogP) is 4.15. The van der Waals surface area contributed by atoms with Gasteiger partial charge in [0.15, 0.2) is 0 Å². The fourth-order valence-corrected chi connectivity index (χ4v) is 6.14. The Morgan fingerprint density at radius 3 is 2.73 bits per heavy atom. The number of aliphatic hydroxyl groups excluding tert-OH is 1. The molecule has 0 bridgehead atoms. The third-order valence-electron chi connectivity index (χ3n) is 7.39. The van der Waals surface area contributed by atoms with Crippen LogP contribution >= 0.6 is 0 Å². The number of ketones is 1. The lowest BCUT2D eigenvalue weighted by atomic mass is 9.43. The van der Waals surface area contributed by atoms with Crippen LogP contribution in [-0.4, -0.2) is 17.5 Å². The van der Waals surface area contributed by atoms with Gasteiger partial charge in [0, 0.05) is 17.8 Å². The second-order valence-corrected chi connectivity index (χ2v) is 8.49. The van der Waals surface area contributed by atoms with Crippen molar-refractivity contribution in [2.75, 3.05) is 6.61 Å². The number of hydrogen-bond donors (Lipinski definition) is 1. The summed E-state index contributed by atoms with van der Waals surface area (Å²) in [6.07, 6.45) is 9.43. The molecule has 0 aromatic rings. The molecule has 0 aromatic heterocycles. The van der Waals surface area contributed by atoms with Crippen molar-refractivity contribution >= 4 is 5.78 Å². The summed E-state index contributed by atoms with van der Waals surface area (Å²) >= 11 is 0. The molecule has 2 unspecified atom stereocenters. The van der Waals surface area contributed by atoms with E-state index in [2.05, 4.69) is 33.4 Å². The van der Waals surface area contributed by atoms with Crippen molar-refractivity contribution in [3.05, 3.63) is 24.3 Å². The lowest BCUT2D eigenvalue weighted by molar-refractivity contribution is -0.152. The number of Topliss-reactive ketones (excluding diaryl/α,β-unsaturated/α-hetero) is 1. The Hall–Kier alpha value is -0.890. The lowest BCUT2D eigenvalue weighted by Gasteiger charge is -2.60. The fraction of sp³-hybridized carbons (Fsp3) is 0.750. The molecule has 2 saturated carbocycles. The van der Waals surface area contributed by atoms with Crippen LogP contribution in [0.15, 0.2) is 24.3 Å². The second kappa shape index (κ2) is 5.33. The van der Waals surface area contributed by atoms with Gasteiger partial charge in [0.05, 0.1) is 6.61 Å². The van der Waals surface area contributed by atoms with Crippen LogP contribution in [0.4, 0.5) is 0 Å². The molecule has 22 heavy (non-hydrogen) atoms. The Bertz CT molecular complexity index is 516. The van der Waals surface area contributed by atoms with Gasteiger partial charge in [0.2, 0.25) is 0 Å². The van der Waals surface area contributed by atoms with Crippen molar-refractivity contribution in [1.29, 1.82) is 0 Å². The van der Waals surface area contributed by atoms with E-state index in [4.69, 9.17) is 0 Å². The van der Waals surface area contributed by atoms with Gasteiger partial charge in [0.25, 0.3) is 0 Å². The van der Waals surface area contributed by atoms with Gasteiger partial charge in [-0.2, -0.15) is 0 Å². The van der Waals surface area contributed by atoms with Gasteiger partial charge in [-0.15, -0.1) is 6.58 Å². The standard InChI is InChI=1S/C20H30O2/c1-5-14-13(12-21)6-8-16-15(14)7-9-17-19(2,3)18(22)10-11-20(16,17)4/h5-6,14-17,21H,1,7-12H2,2-4H3/t14-,15+,16?,17?,20-/m1/s1. The molecule has 122 valence electrons. The van der Waals surface area contributed by atoms with E-state index in [1.54, 1.807) is 0 Å². The van der Waals surface area contributed by atoms with Crippen LogP contribution in [0.25, 0.3) is 0 Å². The van der Waals surface area contributed by atoms with Crippen LogP contribution in [0, 0.1) is 34.5 Å². The molecule has 0 aliphatic heterocycles. The van der Waals surface area contributed by atoms with Gasteiger partial charge in [-0.05, 0) is 54.4 Å². The number of carbonyl (C=O) groups excluding carboxylic acids is 1. The molecule has 0 spiro atoms. The summed E-state index contributed by atoms with van der Waals surface area (Å²) < 4.78 is 0. The molecule has 0 amide bonds. The molecule has 0 aromatic carbocycles. The first-order valence-electron chi connectivity index (χ1n) is 8.82. The van der Waals surface area contributed by atoms with Crippen molar-refractivity contribution in [3.8, 4) is 0 Å². The molecule has 0 radical (unpaired) electrons. The maximum absolute atomic E-state index is 12.4. The van der Waals surface area contributed by atoms with Gasteiger partial charge < -0.3 is 5.11 Å². The van der Waals surface area contributed by atoms with E-state index in [-0.39, 0.29) is 17.4 Å². The summed E-state index contributed by atoms with van der Waals surface area (Å²) in [6, 6.07) is 0. The van der Waals surface area contributed by atoms with Crippen molar-refractivity contribution in [2.24, 2.45) is 34.5 Å². The summed E-state index contributed by atoms with van der Waals surface area (Å²) in [5.74, 6) is 2.49. The maximum atomic E-state index is 12.4. The van der Waals surface area contributed by atoms with Crippen LogP contribution in [0.1, 0.15) is 52.9 Å². The molecule has 0 heterocycles. The molecule has 2 fully saturated rings. The average molecular weight is 302 g/mol. The Kier molecular flexibility index (Phi) is 3.87. The number of allylic oxidation sites excluding steroid dienone is 2. The zero-order valence-corrected chi connectivity index (χ0v) is 14.3. The summed E-state index contributed by atoms with van der Waals surface area (Å²) in [5, 5.41) is 9.64. The SMILES string of the molecule is C=C[C@@H]1C(CO)=CCC2[C@H]1CCC1C(C)(C)C(=O)CC[C@]21C. The zero-order valence-electron chi connectivity index (χ0n) is 14.3. The molecule has 3 rings (SSSR count). The molecule has 2 nitrogen and oxygen atoms in total. The van der Waals surface area contributed by atoms with E-state index in [9.17, 15) is 9.90 Å². The zero-order chi connectivity index (χ0) is 16.1. The van der Waals surface area contributed by atoms with Crippen molar-refractivity contribution in [2.45, 2.75) is 52.9 Å². The third kappa shape index (κ3) is 2.06. The van der Waals surface area contributed by atoms with Gasteiger partial charge in [0.1, 0.15) is 5.78 Å². The highest BCUT2D eigenvalue weighted by atomic mass is 16.3. The minimum atomic E-state index is -0.178. The van der Waals surface area contributed by atoms with Gasteiger partial charge in [-0.1, -0.05) is 32.9 Å². The van der Waals surface area contributed by atoms with Gasteiger partial charge in [-0.25, -0.2) is 0 Å². The van der Waals surface area contributed by atoms with E-state index in [0.29, 0.717) is 29.5 Å². The number of fused-ring (bicyclic) bond motifs is 3. The average Bonchev–Trinajstić information content (AvgIpc) is 2.50. The molecule has 1 N–H and O–H groups in total. The largest absolute Gasteiger partial charge is 0.392 e. The quantitative estimate of drug-likeness (QED) is 0.778. The normalized spacial score (nSPS) is 43.8. The molecule has 3 aliphatic carbocycles. The highest BCUT2D eigenvalue weighted by Crippen LogP contribution is 2.63. The minimum absolute atomic E-state index is 0.157. The summed E-state index contributed by atoms with van der Waals surface area (Å²) in [4.78, 5) is 12.4. The van der Waals surface area contributed by atoms with Crippen molar-refractivity contribution < 1.29 is 9.90 Å². The maximum Gasteiger partial charge on any atom is 0.138 e. The van der Waals surface area contributed by atoms with E-state index >= 15 is 0 Å². The molecule has 2 heteroatoms. The molecular formula is C20H30O2. The predicted molar refractivity (Wildman–Crippen MR) is 89.3 cm³/mol. The number of hydrogen-bond acceptors (Lipinski definition) is 2. The van der Waals surface area contributed by atoms with Crippen LogP contribution < -0.4 is 0 Å². The molecule has 3 aliphatic rings. The summed E-state index contributed by atoms with van der Waals surface area (Å²) in [5.41, 5.74) is 1.23. The van der Waals surface area contributed by atoms with Crippen LogP contribution in [0.2, 0.25) is 0 Å². The molecular weight excluding hydrogens is 272 g/mol. The van der Waals surface area contributed by atoms with Crippen molar-refractivity contribution in [1.82, 2.24) is 0 Å². The highest BCUT2D eigenvalue weighted by molar-refractivity contribution is 5.85. The van der Waals surface area contributed by atoms with Crippen LogP contribution in [0.5, 0.6) is 0 Å². The van der Waals surface area contributed by atoms with Crippen LogP contribution in [0.3, 0.4) is 0 Å². The highest BCUT2D eigenvalue weighted by Gasteiger charge is 2.58. The van der Waals surface area contributed by atoms with Gasteiger partial charge in [-0.3, -0.25) is 4.79 Å². The smallest absolute Gasteiger partial charge is 0.138 e. The first-order valence-corrected chi connectivity index (χ1v) is 8.82. The monoisotopic (exact) mass is 302 g/mol. The third-order valence-corrected chi connectivity index (χ3v) is 7.39. The Morgan fingerprint density at radius 2 is 2.09 bits per heavy atom. The van der Waals surface area contributed by atoms with E-state index < -0.39 is 0 Å². The topological polar surface area (TPSA) is 37.3 Å². The fourth-order valence-electron chi connectivity index (χ4n) is 6.14. The van der Waals surface area contributed by atoms with Crippen LogP contribution in [-0.2, 0) is 4.79 Å². The summed E-state index contributed by atoms with van der Waals surface area (Å²) in [6.45, 7) is 11.0. The van der Waals surface area contributed by atoms with Crippen molar-refractivity contribution in [3.63, 3.8) is 0 Å². The molecule has 0 saturated heterocycles. The number of carbonyl (C=O) groups is 1. The van der Waals surface area contributed by atoms with Gasteiger partial charge >= 0.3 is 0 Å². The van der Waals surface area contributed by atoms with E-state index in [1.165, 1.54) is 0 Å². The number of rotatable bonds is 2. The first kappa shape index (κ1) is 16.0. The minimum Gasteiger partial charge on any atom is -0.392 e. The Morgan fingerprint density at radius 1 is 1.36 bits per heavy atom. The van der Waals surface area contributed by atoms with E-state index in [1.807, 2.05) is 6.08 Å². The van der Waals surface area contributed by atoms with E-state index in [0.717, 1.165) is 37.7 Å². The number of aliphatic hydroxyl groups is 1. The summed E-state index contributed by atoms with van der Waals surface area (Å²) in [7, 11) is 0.